The molecule has 6 nitrogen and oxygen atoms in total. The first-order valence-electron chi connectivity index (χ1n) is 10.1. The first-order valence-corrected chi connectivity index (χ1v) is 10.1. The second-order valence-electron chi connectivity index (χ2n) is 7.41. The smallest absolute Gasteiger partial charge is 0.256 e. The molecule has 30 heavy (non-hydrogen) atoms. The van der Waals surface area contributed by atoms with Crippen LogP contribution in [0.2, 0.25) is 0 Å². The summed E-state index contributed by atoms with van der Waals surface area (Å²) in [6.07, 6.45) is 1.95. The molecule has 0 saturated carbocycles. The molecule has 0 radical (unpaired) electrons. The molecule has 1 aliphatic rings. The lowest BCUT2D eigenvalue weighted by Gasteiger charge is -2.36. The first-order chi connectivity index (χ1) is 14.6. The minimum absolute atomic E-state index is 0.0809. The van der Waals surface area contributed by atoms with E-state index in [1.165, 1.54) is 0 Å². The molecule has 2 aromatic carbocycles. The third-order valence-electron chi connectivity index (χ3n) is 5.62. The zero-order valence-corrected chi connectivity index (χ0v) is 17.7. The molecule has 6 heteroatoms. The van der Waals surface area contributed by atoms with E-state index in [0.717, 1.165) is 47.1 Å². The summed E-state index contributed by atoms with van der Waals surface area (Å²) < 4.78 is 12.8. The molecule has 0 aliphatic carbocycles. The number of carbonyl (C=O) groups is 1. The van der Waals surface area contributed by atoms with Gasteiger partial charge in [0.25, 0.3) is 5.91 Å². The minimum Gasteiger partial charge on any atom is -0.497 e. The third-order valence-corrected chi connectivity index (χ3v) is 5.62. The summed E-state index contributed by atoms with van der Waals surface area (Å²) in [4.78, 5) is 17.5. The van der Waals surface area contributed by atoms with Crippen molar-refractivity contribution in [2.45, 2.75) is 0 Å². The number of hydrogen-bond donors (Lipinski definition) is 0. The van der Waals surface area contributed by atoms with Gasteiger partial charge in [0, 0.05) is 63.3 Å². The fourth-order valence-electron chi connectivity index (χ4n) is 3.97. The Labute approximate surface area is 177 Å². The van der Waals surface area contributed by atoms with Gasteiger partial charge in [-0.05, 0) is 11.6 Å². The highest BCUT2D eigenvalue weighted by Crippen LogP contribution is 2.30. The monoisotopic (exact) mass is 405 g/mol. The Hall–Kier alpha value is -3.41. The van der Waals surface area contributed by atoms with Crippen LogP contribution < -0.4 is 14.4 Å². The second-order valence-corrected chi connectivity index (χ2v) is 7.41. The molecule has 1 fully saturated rings. The number of nitrogens with zero attached hydrogens (tertiary/aromatic N) is 3. The van der Waals surface area contributed by atoms with Crippen LogP contribution in [0.3, 0.4) is 0 Å². The van der Waals surface area contributed by atoms with E-state index in [9.17, 15) is 4.79 Å². The van der Waals surface area contributed by atoms with E-state index >= 15 is 0 Å². The summed E-state index contributed by atoms with van der Waals surface area (Å²) in [5.74, 6) is 1.61. The molecule has 1 aliphatic heterocycles. The number of amides is 1. The Morgan fingerprint density at radius 3 is 2.10 bits per heavy atom. The largest absolute Gasteiger partial charge is 0.497 e. The number of aryl methyl sites for hydroxylation is 1. The van der Waals surface area contributed by atoms with Gasteiger partial charge in [-0.1, -0.05) is 30.3 Å². The molecule has 3 aromatic rings. The lowest BCUT2D eigenvalue weighted by atomic mass is 10.1. The predicted molar refractivity (Wildman–Crippen MR) is 119 cm³/mol. The molecule has 0 N–H and O–H groups in total. The molecule has 0 spiro atoms. The number of hydrogen-bond acceptors (Lipinski definition) is 4. The number of anilines is 1. The first kappa shape index (κ1) is 19.9. The molecule has 0 bridgehead atoms. The highest BCUT2D eigenvalue weighted by atomic mass is 16.5. The Bertz CT molecular complexity index is 999. The van der Waals surface area contributed by atoms with Crippen LogP contribution in [-0.2, 0) is 7.05 Å². The number of benzene rings is 2. The number of methoxy groups -OCH3 is 2. The number of aromatic nitrogens is 1. The van der Waals surface area contributed by atoms with Gasteiger partial charge in [-0.3, -0.25) is 4.79 Å². The van der Waals surface area contributed by atoms with Crippen molar-refractivity contribution in [3.63, 3.8) is 0 Å². The molecule has 2 heterocycles. The van der Waals surface area contributed by atoms with Crippen molar-refractivity contribution in [1.82, 2.24) is 9.47 Å². The Kier molecular flexibility index (Phi) is 5.65. The normalized spacial score (nSPS) is 14.0. The van der Waals surface area contributed by atoms with Crippen molar-refractivity contribution in [3.05, 3.63) is 66.4 Å². The molecule has 156 valence electrons. The Morgan fingerprint density at radius 1 is 0.867 bits per heavy atom. The minimum atomic E-state index is 0.0809. The van der Waals surface area contributed by atoms with Crippen LogP contribution >= 0.6 is 0 Å². The van der Waals surface area contributed by atoms with Crippen LogP contribution in [0.15, 0.2) is 60.8 Å². The van der Waals surface area contributed by atoms with Crippen LogP contribution in [0.4, 0.5) is 5.69 Å². The van der Waals surface area contributed by atoms with Crippen LogP contribution in [0, 0.1) is 0 Å². The fourth-order valence-corrected chi connectivity index (χ4v) is 3.97. The van der Waals surface area contributed by atoms with Gasteiger partial charge in [0.15, 0.2) is 0 Å². The molecule has 0 unspecified atom stereocenters. The van der Waals surface area contributed by atoms with E-state index in [2.05, 4.69) is 4.90 Å². The van der Waals surface area contributed by atoms with Gasteiger partial charge in [-0.2, -0.15) is 0 Å². The topological polar surface area (TPSA) is 46.9 Å². The van der Waals surface area contributed by atoms with Crippen molar-refractivity contribution in [2.75, 3.05) is 45.3 Å². The summed E-state index contributed by atoms with van der Waals surface area (Å²) in [7, 11) is 5.28. The van der Waals surface area contributed by atoms with Gasteiger partial charge in [0.05, 0.1) is 25.5 Å². The molecule has 1 saturated heterocycles. The highest BCUT2D eigenvalue weighted by molar-refractivity contribution is 6.00. The van der Waals surface area contributed by atoms with Crippen molar-refractivity contribution >= 4 is 11.6 Å². The quantitative estimate of drug-likeness (QED) is 0.650. The standard InChI is InChI=1S/C24H27N3O3/c1-25-10-9-22(23(25)18-7-5-4-6-8-18)24(28)27-13-11-26(12-14-27)19-15-20(29-2)17-21(16-19)30-3/h4-10,15-17H,11-14H2,1-3H3. The van der Waals surface area contributed by atoms with E-state index in [1.54, 1.807) is 14.2 Å². The highest BCUT2D eigenvalue weighted by Gasteiger charge is 2.26. The summed E-state index contributed by atoms with van der Waals surface area (Å²) in [6, 6.07) is 17.9. The maximum Gasteiger partial charge on any atom is 0.256 e. The third kappa shape index (κ3) is 3.85. The Morgan fingerprint density at radius 2 is 1.50 bits per heavy atom. The zero-order chi connectivity index (χ0) is 21.1. The molecule has 0 atom stereocenters. The van der Waals surface area contributed by atoms with Crippen molar-refractivity contribution in [1.29, 1.82) is 0 Å². The summed E-state index contributed by atoms with van der Waals surface area (Å²) in [6.45, 7) is 2.86. The van der Waals surface area contributed by atoms with E-state index in [-0.39, 0.29) is 5.91 Å². The van der Waals surface area contributed by atoms with Gasteiger partial charge in [0.2, 0.25) is 0 Å². The van der Waals surface area contributed by atoms with Gasteiger partial charge in [0.1, 0.15) is 11.5 Å². The number of ether oxygens (including phenoxy) is 2. The summed E-state index contributed by atoms with van der Waals surface area (Å²) >= 11 is 0. The van der Waals surface area contributed by atoms with Crippen LogP contribution in [0.25, 0.3) is 11.3 Å². The van der Waals surface area contributed by atoms with Gasteiger partial charge >= 0.3 is 0 Å². The zero-order valence-electron chi connectivity index (χ0n) is 17.7. The summed E-state index contributed by atoms with van der Waals surface area (Å²) in [5.41, 5.74) is 3.80. The van der Waals surface area contributed by atoms with E-state index in [4.69, 9.17) is 9.47 Å². The lowest BCUT2D eigenvalue weighted by Crippen LogP contribution is -2.48. The SMILES string of the molecule is COc1cc(OC)cc(N2CCN(C(=O)c3ccn(C)c3-c3ccccc3)CC2)c1. The second kappa shape index (κ2) is 8.53. The lowest BCUT2D eigenvalue weighted by molar-refractivity contribution is 0.0747. The average molecular weight is 405 g/mol. The average Bonchev–Trinajstić information content (AvgIpc) is 3.20. The number of piperazine rings is 1. The van der Waals surface area contributed by atoms with E-state index in [1.807, 2.05) is 77.3 Å². The van der Waals surface area contributed by atoms with Gasteiger partial charge in [-0.25, -0.2) is 0 Å². The summed E-state index contributed by atoms with van der Waals surface area (Å²) in [5, 5.41) is 0. The Balaban J connectivity index is 1.50. The fraction of sp³-hybridized carbons (Fsp3) is 0.292. The number of rotatable bonds is 5. The molecular weight excluding hydrogens is 378 g/mol. The predicted octanol–water partition coefficient (Wildman–Crippen LogP) is 3.67. The van der Waals surface area contributed by atoms with Crippen molar-refractivity contribution < 1.29 is 14.3 Å². The van der Waals surface area contributed by atoms with Crippen molar-refractivity contribution in [3.8, 4) is 22.8 Å². The van der Waals surface area contributed by atoms with Crippen LogP contribution in [-0.4, -0.2) is 55.8 Å². The molecule has 1 amide bonds. The van der Waals surface area contributed by atoms with Crippen LogP contribution in [0.1, 0.15) is 10.4 Å². The maximum absolute atomic E-state index is 13.3. The van der Waals surface area contributed by atoms with Crippen molar-refractivity contribution in [2.24, 2.45) is 7.05 Å². The maximum atomic E-state index is 13.3. The van der Waals surface area contributed by atoms with Crippen LogP contribution in [0.5, 0.6) is 11.5 Å². The van der Waals surface area contributed by atoms with E-state index < -0.39 is 0 Å². The van der Waals surface area contributed by atoms with E-state index in [0.29, 0.717) is 13.1 Å². The molecule has 1 aromatic heterocycles. The molecular formula is C24H27N3O3. The molecule has 4 rings (SSSR count). The number of carbonyl (C=O) groups excluding carboxylic acids is 1. The van der Waals surface area contributed by atoms with Gasteiger partial charge < -0.3 is 23.8 Å². The van der Waals surface area contributed by atoms with Gasteiger partial charge in [-0.15, -0.1) is 0 Å².